The molecule has 2 aliphatic rings. The van der Waals surface area contributed by atoms with Gasteiger partial charge in [0.25, 0.3) is 0 Å². The minimum Gasteiger partial charge on any atom is -0.381 e. The topological polar surface area (TPSA) is 84.5 Å². The summed E-state index contributed by atoms with van der Waals surface area (Å²) in [5.41, 5.74) is -0.171. The Labute approximate surface area is 139 Å². The average Bonchev–Trinajstić information content (AvgIpc) is 2.42. The third kappa shape index (κ3) is 3.13. The molecule has 130 valence electrons. The van der Waals surface area contributed by atoms with Crippen molar-refractivity contribution in [2.24, 2.45) is 5.41 Å². The molecule has 1 amide bonds. The van der Waals surface area contributed by atoms with Crippen molar-refractivity contribution in [3.8, 4) is 0 Å². The summed E-state index contributed by atoms with van der Waals surface area (Å²) in [4.78, 5) is 12.7. The molecule has 1 saturated heterocycles. The first-order chi connectivity index (χ1) is 9.65. The summed E-state index contributed by atoms with van der Waals surface area (Å²) in [5, 5.41) is 6.08. The van der Waals surface area contributed by atoms with Crippen LogP contribution in [0.4, 0.5) is 0 Å². The molecular formula is C14H27ClN2O4S. The van der Waals surface area contributed by atoms with Crippen LogP contribution in [-0.2, 0) is 19.4 Å². The molecule has 1 saturated carbocycles. The van der Waals surface area contributed by atoms with E-state index >= 15 is 0 Å². The van der Waals surface area contributed by atoms with E-state index in [0.717, 1.165) is 6.42 Å². The third-order valence-corrected chi connectivity index (χ3v) is 7.32. The Morgan fingerprint density at radius 3 is 2.23 bits per heavy atom. The number of carbonyl (C=O) groups is 1. The molecule has 0 bridgehead atoms. The van der Waals surface area contributed by atoms with Crippen LogP contribution in [0.25, 0.3) is 0 Å². The Morgan fingerprint density at radius 2 is 1.82 bits per heavy atom. The van der Waals surface area contributed by atoms with Crippen molar-refractivity contribution >= 4 is 28.2 Å². The molecular weight excluding hydrogens is 328 g/mol. The molecule has 1 aliphatic carbocycles. The van der Waals surface area contributed by atoms with Gasteiger partial charge in [-0.1, -0.05) is 13.8 Å². The third-order valence-electron chi connectivity index (χ3n) is 5.30. The number of methoxy groups -OCH3 is 1. The number of piperidine rings is 1. The second-order valence-corrected chi connectivity index (χ2v) is 9.15. The Kier molecular flexibility index (Phi) is 5.93. The molecule has 0 aromatic carbocycles. The predicted octanol–water partition coefficient (Wildman–Crippen LogP) is 0.505. The molecule has 1 heterocycles. The summed E-state index contributed by atoms with van der Waals surface area (Å²) >= 11 is 0. The number of hydrogen-bond acceptors (Lipinski definition) is 5. The van der Waals surface area contributed by atoms with Crippen LogP contribution >= 0.6 is 12.4 Å². The van der Waals surface area contributed by atoms with E-state index in [0.29, 0.717) is 25.9 Å². The van der Waals surface area contributed by atoms with E-state index in [2.05, 4.69) is 10.6 Å². The standard InChI is InChI=1S/C14H26N2O4S.ClH/c1-13(2)10(9-11(13)20-3)16-12(17)14(21(4,18)19)5-7-15-8-6-14;/h10-11,15H,5-9H2,1-4H3,(H,16,17);1H. The highest BCUT2D eigenvalue weighted by Gasteiger charge is 2.54. The molecule has 6 nitrogen and oxygen atoms in total. The van der Waals surface area contributed by atoms with E-state index in [4.69, 9.17) is 4.74 Å². The Balaban J connectivity index is 0.00000242. The molecule has 8 heteroatoms. The molecule has 1 aliphatic heterocycles. The van der Waals surface area contributed by atoms with Crippen molar-refractivity contribution < 1.29 is 17.9 Å². The molecule has 0 radical (unpaired) electrons. The van der Waals surface area contributed by atoms with Crippen LogP contribution in [0.1, 0.15) is 33.1 Å². The average molecular weight is 355 g/mol. The smallest absolute Gasteiger partial charge is 0.241 e. The van der Waals surface area contributed by atoms with Crippen LogP contribution < -0.4 is 10.6 Å². The SMILES string of the molecule is COC1CC(NC(=O)C2(S(C)(=O)=O)CCNCC2)C1(C)C.Cl. The second kappa shape index (κ2) is 6.63. The fourth-order valence-electron chi connectivity index (χ4n) is 3.42. The maximum atomic E-state index is 12.7. The molecule has 2 N–H and O–H groups in total. The van der Waals surface area contributed by atoms with Crippen LogP contribution in [-0.4, -0.2) is 57.7 Å². The first-order valence-electron chi connectivity index (χ1n) is 7.39. The van der Waals surface area contributed by atoms with Gasteiger partial charge in [0.05, 0.1) is 6.10 Å². The highest BCUT2D eigenvalue weighted by Crippen LogP contribution is 2.43. The highest BCUT2D eigenvalue weighted by molar-refractivity contribution is 7.92. The van der Waals surface area contributed by atoms with Gasteiger partial charge in [-0.15, -0.1) is 12.4 Å². The van der Waals surface area contributed by atoms with Gasteiger partial charge in [0.2, 0.25) is 5.91 Å². The van der Waals surface area contributed by atoms with Crippen LogP contribution in [0.2, 0.25) is 0 Å². The molecule has 22 heavy (non-hydrogen) atoms. The number of rotatable bonds is 4. The molecule has 2 unspecified atom stereocenters. The van der Waals surface area contributed by atoms with Gasteiger partial charge in [0, 0.05) is 24.8 Å². The summed E-state index contributed by atoms with van der Waals surface area (Å²) in [6.45, 7) is 5.17. The zero-order valence-electron chi connectivity index (χ0n) is 13.6. The maximum absolute atomic E-state index is 12.7. The monoisotopic (exact) mass is 354 g/mol. The number of ether oxygens (including phenoxy) is 1. The van der Waals surface area contributed by atoms with Gasteiger partial charge in [-0.25, -0.2) is 8.42 Å². The van der Waals surface area contributed by atoms with Crippen molar-refractivity contribution in [2.75, 3.05) is 26.5 Å². The van der Waals surface area contributed by atoms with Gasteiger partial charge in [0.1, 0.15) is 0 Å². The van der Waals surface area contributed by atoms with Gasteiger partial charge >= 0.3 is 0 Å². The Hall–Kier alpha value is -0.370. The van der Waals surface area contributed by atoms with Gasteiger partial charge in [0.15, 0.2) is 14.6 Å². The number of nitrogens with one attached hydrogen (secondary N) is 2. The minimum atomic E-state index is -3.46. The number of hydrogen-bond donors (Lipinski definition) is 2. The largest absolute Gasteiger partial charge is 0.381 e. The lowest BCUT2D eigenvalue weighted by atomic mass is 9.64. The van der Waals surface area contributed by atoms with Crippen LogP contribution in [0.3, 0.4) is 0 Å². The molecule has 2 fully saturated rings. The maximum Gasteiger partial charge on any atom is 0.241 e. The van der Waals surface area contributed by atoms with Crippen molar-refractivity contribution in [3.63, 3.8) is 0 Å². The minimum absolute atomic E-state index is 0. The zero-order valence-corrected chi connectivity index (χ0v) is 15.3. The fourth-order valence-corrected chi connectivity index (χ4v) is 4.76. The first kappa shape index (κ1) is 19.7. The number of carbonyl (C=O) groups excluding carboxylic acids is 1. The lowest BCUT2D eigenvalue weighted by Gasteiger charge is -2.52. The van der Waals surface area contributed by atoms with E-state index in [1.165, 1.54) is 6.26 Å². The van der Waals surface area contributed by atoms with E-state index in [1.807, 2.05) is 13.8 Å². The van der Waals surface area contributed by atoms with E-state index in [9.17, 15) is 13.2 Å². The highest BCUT2D eigenvalue weighted by atomic mass is 35.5. The van der Waals surface area contributed by atoms with Crippen LogP contribution in [0.5, 0.6) is 0 Å². The summed E-state index contributed by atoms with van der Waals surface area (Å²) in [5.74, 6) is -0.348. The summed E-state index contributed by atoms with van der Waals surface area (Å²) in [6, 6.07) is -0.0385. The molecule has 0 aromatic heterocycles. The summed E-state index contributed by atoms with van der Waals surface area (Å²) < 4.78 is 28.5. The Morgan fingerprint density at radius 1 is 1.27 bits per heavy atom. The lowest BCUT2D eigenvalue weighted by Crippen LogP contribution is -2.66. The second-order valence-electron chi connectivity index (χ2n) is 6.82. The van der Waals surface area contributed by atoms with E-state index in [1.54, 1.807) is 7.11 Å². The zero-order chi connectivity index (χ0) is 15.9. The Bertz CT molecular complexity index is 515. The van der Waals surface area contributed by atoms with Gasteiger partial charge in [-0.2, -0.15) is 0 Å². The van der Waals surface area contributed by atoms with E-state index in [-0.39, 0.29) is 35.9 Å². The van der Waals surface area contributed by atoms with Crippen molar-refractivity contribution in [2.45, 2.75) is 50.0 Å². The van der Waals surface area contributed by atoms with E-state index < -0.39 is 14.6 Å². The quantitative estimate of drug-likeness (QED) is 0.768. The molecule has 2 rings (SSSR count). The van der Waals surface area contributed by atoms with Crippen LogP contribution in [0.15, 0.2) is 0 Å². The normalized spacial score (nSPS) is 29.8. The van der Waals surface area contributed by atoms with Gasteiger partial charge in [-0.3, -0.25) is 4.79 Å². The van der Waals surface area contributed by atoms with Gasteiger partial charge in [-0.05, 0) is 32.4 Å². The van der Waals surface area contributed by atoms with Gasteiger partial charge < -0.3 is 15.4 Å². The van der Waals surface area contributed by atoms with Crippen molar-refractivity contribution in [3.05, 3.63) is 0 Å². The predicted molar refractivity (Wildman–Crippen MR) is 88.1 cm³/mol. The van der Waals surface area contributed by atoms with Crippen molar-refractivity contribution in [1.29, 1.82) is 0 Å². The summed E-state index contributed by atoms with van der Waals surface area (Å²) in [6.07, 6.45) is 2.66. The molecule has 0 spiro atoms. The molecule has 0 aromatic rings. The lowest BCUT2D eigenvalue weighted by molar-refractivity contribution is -0.135. The van der Waals surface area contributed by atoms with Crippen molar-refractivity contribution in [1.82, 2.24) is 10.6 Å². The van der Waals surface area contributed by atoms with Crippen LogP contribution in [0, 0.1) is 5.41 Å². The fraction of sp³-hybridized carbons (Fsp3) is 0.929. The number of sulfone groups is 1. The number of halogens is 1. The first-order valence-corrected chi connectivity index (χ1v) is 9.28. The summed E-state index contributed by atoms with van der Waals surface area (Å²) in [7, 11) is -1.79. The number of amides is 1. The molecule has 2 atom stereocenters.